The van der Waals surface area contributed by atoms with Crippen molar-refractivity contribution >= 4 is 10.9 Å². The van der Waals surface area contributed by atoms with E-state index in [0.29, 0.717) is 5.75 Å². The number of aryl methyl sites for hydroxylation is 1. The second-order valence-electron chi connectivity index (χ2n) is 7.56. The molecule has 5 rings (SSSR count). The second-order valence-corrected chi connectivity index (χ2v) is 7.56. The number of hydrogen-bond acceptors (Lipinski definition) is 3. The van der Waals surface area contributed by atoms with E-state index in [1.54, 1.807) is 6.07 Å². The summed E-state index contributed by atoms with van der Waals surface area (Å²) in [5.74, 6) is 0.311. The van der Waals surface area contributed by atoms with Crippen LogP contribution in [-0.4, -0.2) is 26.5 Å². The number of phenols is 1. The van der Waals surface area contributed by atoms with Crippen molar-refractivity contribution in [3.8, 4) is 5.75 Å². The summed E-state index contributed by atoms with van der Waals surface area (Å²) in [5, 5.41) is 11.2. The topological polar surface area (TPSA) is 52.2 Å². The quantitative estimate of drug-likeness (QED) is 0.549. The van der Waals surface area contributed by atoms with Crippen molar-refractivity contribution in [2.75, 3.05) is 6.54 Å². The minimum absolute atomic E-state index is 0.0680. The van der Waals surface area contributed by atoms with E-state index in [1.165, 1.54) is 22.2 Å². The SMILES string of the molecule is Cc1cccc([C@@H]2c3[nH]c4ccccc4c3CCN2Cc2cccc(O)c2)n1. The van der Waals surface area contributed by atoms with E-state index in [1.807, 2.05) is 25.1 Å². The summed E-state index contributed by atoms with van der Waals surface area (Å²) in [6, 6.07) is 22.4. The molecule has 1 aliphatic rings. The van der Waals surface area contributed by atoms with Gasteiger partial charge in [-0.2, -0.15) is 0 Å². The average Bonchev–Trinajstić information content (AvgIpc) is 3.06. The molecule has 0 spiro atoms. The Bertz CT molecular complexity index is 1150. The first-order valence-corrected chi connectivity index (χ1v) is 9.74. The van der Waals surface area contributed by atoms with Crippen LogP contribution in [0.1, 0.15) is 34.3 Å². The number of rotatable bonds is 3. The van der Waals surface area contributed by atoms with Gasteiger partial charge in [-0.15, -0.1) is 0 Å². The van der Waals surface area contributed by atoms with Gasteiger partial charge in [-0.25, -0.2) is 0 Å². The van der Waals surface area contributed by atoms with Gasteiger partial charge in [0.05, 0.1) is 11.7 Å². The molecule has 1 atom stereocenters. The van der Waals surface area contributed by atoms with Gasteiger partial charge < -0.3 is 10.1 Å². The Labute approximate surface area is 164 Å². The number of nitrogens with one attached hydrogen (secondary N) is 1. The number of fused-ring (bicyclic) bond motifs is 3. The van der Waals surface area contributed by atoms with Crippen LogP contribution in [0.2, 0.25) is 0 Å². The fourth-order valence-corrected chi connectivity index (χ4v) is 4.40. The number of hydrogen-bond donors (Lipinski definition) is 2. The number of aromatic amines is 1. The molecule has 1 aliphatic heterocycles. The summed E-state index contributed by atoms with van der Waals surface area (Å²) >= 11 is 0. The normalized spacial score (nSPS) is 17.0. The molecule has 2 N–H and O–H groups in total. The maximum atomic E-state index is 9.88. The number of para-hydroxylation sites is 1. The lowest BCUT2D eigenvalue weighted by Gasteiger charge is -2.35. The van der Waals surface area contributed by atoms with E-state index in [9.17, 15) is 5.11 Å². The molecule has 0 saturated carbocycles. The molecule has 3 heterocycles. The number of pyridine rings is 1. The summed E-state index contributed by atoms with van der Waals surface area (Å²) in [6.07, 6.45) is 1.00. The van der Waals surface area contributed by atoms with E-state index >= 15 is 0 Å². The Morgan fingerprint density at radius 2 is 1.93 bits per heavy atom. The number of nitrogens with zero attached hydrogens (tertiary/aromatic N) is 2. The Hall–Kier alpha value is -3.11. The van der Waals surface area contributed by atoms with Crippen LogP contribution in [-0.2, 0) is 13.0 Å². The monoisotopic (exact) mass is 369 g/mol. The van der Waals surface area contributed by atoms with Crippen LogP contribution >= 0.6 is 0 Å². The van der Waals surface area contributed by atoms with Crippen LogP contribution in [0.15, 0.2) is 66.7 Å². The second kappa shape index (κ2) is 6.80. The van der Waals surface area contributed by atoms with Crippen molar-refractivity contribution in [1.29, 1.82) is 0 Å². The number of benzene rings is 2. The highest BCUT2D eigenvalue weighted by molar-refractivity contribution is 5.85. The van der Waals surface area contributed by atoms with Gasteiger partial charge in [0.2, 0.25) is 0 Å². The first-order valence-electron chi connectivity index (χ1n) is 9.74. The smallest absolute Gasteiger partial charge is 0.115 e. The summed E-state index contributed by atoms with van der Waals surface area (Å²) in [6.45, 7) is 3.76. The lowest BCUT2D eigenvalue weighted by molar-refractivity contribution is 0.198. The van der Waals surface area contributed by atoms with Crippen LogP contribution in [0.4, 0.5) is 0 Å². The Balaban J connectivity index is 1.63. The lowest BCUT2D eigenvalue weighted by Crippen LogP contribution is -2.36. The molecule has 2 aromatic carbocycles. The average molecular weight is 369 g/mol. The third-order valence-electron chi connectivity index (χ3n) is 5.62. The van der Waals surface area contributed by atoms with E-state index in [-0.39, 0.29) is 6.04 Å². The van der Waals surface area contributed by atoms with Crippen LogP contribution in [0.5, 0.6) is 5.75 Å². The summed E-state index contributed by atoms with van der Waals surface area (Å²) in [5.41, 5.74) is 7.02. The van der Waals surface area contributed by atoms with Crippen LogP contribution in [0.3, 0.4) is 0 Å². The zero-order valence-electron chi connectivity index (χ0n) is 15.9. The molecule has 4 nitrogen and oxygen atoms in total. The Morgan fingerprint density at radius 1 is 1.07 bits per heavy atom. The third kappa shape index (κ3) is 2.96. The first-order chi connectivity index (χ1) is 13.7. The molecule has 4 heteroatoms. The van der Waals surface area contributed by atoms with E-state index in [4.69, 9.17) is 4.98 Å². The minimum Gasteiger partial charge on any atom is -0.508 e. The molecule has 0 radical (unpaired) electrons. The zero-order chi connectivity index (χ0) is 19.1. The predicted octanol–water partition coefficient (Wildman–Crippen LogP) is 4.72. The summed E-state index contributed by atoms with van der Waals surface area (Å²) in [7, 11) is 0. The standard InChI is InChI=1S/C24H23N3O/c1-16-6-4-11-22(25-16)24-23-20(19-9-2-3-10-21(19)26-23)12-13-27(24)15-17-7-5-8-18(28)14-17/h2-11,14,24,26,28H,12-13,15H2,1H3/t24-/m1/s1. The molecular weight excluding hydrogens is 346 g/mol. The Morgan fingerprint density at radius 3 is 2.79 bits per heavy atom. The highest BCUT2D eigenvalue weighted by atomic mass is 16.3. The van der Waals surface area contributed by atoms with Gasteiger partial charge in [0.25, 0.3) is 0 Å². The largest absolute Gasteiger partial charge is 0.508 e. The molecular formula is C24H23N3O. The molecule has 0 amide bonds. The molecule has 4 aromatic rings. The van der Waals surface area contributed by atoms with Crippen molar-refractivity contribution in [3.63, 3.8) is 0 Å². The minimum atomic E-state index is 0.0680. The van der Waals surface area contributed by atoms with Crippen molar-refractivity contribution in [3.05, 3.63) is 94.9 Å². The molecule has 0 aliphatic carbocycles. The molecule has 0 bridgehead atoms. The molecule has 0 saturated heterocycles. The van der Waals surface area contributed by atoms with Gasteiger partial charge in [0.15, 0.2) is 0 Å². The highest BCUT2D eigenvalue weighted by Gasteiger charge is 2.32. The van der Waals surface area contributed by atoms with Crippen LogP contribution in [0, 0.1) is 6.92 Å². The predicted molar refractivity (Wildman–Crippen MR) is 111 cm³/mol. The van der Waals surface area contributed by atoms with Crippen molar-refractivity contribution in [2.45, 2.75) is 25.9 Å². The number of aromatic hydroxyl groups is 1. The molecule has 28 heavy (non-hydrogen) atoms. The van der Waals surface area contributed by atoms with E-state index in [2.05, 4.69) is 52.3 Å². The number of aromatic nitrogens is 2. The van der Waals surface area contributed by atoms with Crippen molar-refractivity contribution in [2.24, 2.45) is 0 Å². The maximum Gasteiger partial charge on any atom is 0.115 e. The van der Waals surface area contributed by atoms with Crippen LogP contribution in [0.25, 0.3) is 10.9 Å². The zero-order valence-corrected chi connectivity index (χ0v) is 15.9. The van der Waals surface area contributed by atoms with Gasteiger partial charge in [-0.3, -0.25) is 9.88 Å². The molecule has 0 fully saturated rings. The molecule has 2 aromatic heterocycles. The third-order valence-corrected chi connectivity index (χ3v) is 5.62. The van der Waals surface area contributed by atoms with Gasteiger partial charge in [0.1, 0.15) is 5.75 Å². The summed E-state index contributed by atoms with van der Waals surface area (Å²) in [4.78, 5) is 11.0. The number of H-pyrrole nitrogens is 1. The van der Waals surface area contributed by atoms with Gasteiger partial charge in [0, 0.05) is 35.4 Å². The lowest BCUT2D eigenvalue weighted by atomic mass is 9.94. The summed E-state index contributed by atoms with van der Waals surface area (Å²) < 4.78 is 0. The molecule has 0 unspecified atom stereocenters. The fraction of sp³-hybridized carbons (Fsp3) is 0.208. The maximum absolute atomic E-state index is 9.88. The van der Waals surface area contributed by atoms with Gasteiger partial charge >= 0.3 is 0 Å². The van der Waals surface area contributed by atoms with Gasteiger partial charge in [-0.1, -0.05) is 36.4 Å². The molecule has 140 valence electrons. The van der Waals surface area contributed by atoms with E-state index < -0.39 is 0 Å². The van der Waals surface area contributed by atoms with Crippen molar-refractivity contribution in [1.82, 2.24) is 14.9 Å². The van der Waals surface area contributed by atoms with Gasteiger partial charge in [-0.05, 0) is 54.8 Å². The first kappa shape index (κ1) is 17.0. The fourth-order valence-electron chi connectivity index (χ4n) is 4.40. The highest BCUT2D eigenvalue weighted by Crippen LogP contribution is 2.38. The van der Waals surface area contributed by atoms with E-state index in [0.717, 1.165) is 36.5 Å². The number of phenolic OH excluding ortho intramolecular Hbond substituents is 1. The van der Waals surface area contributed by atoms with Crippen LogP contribution < -0.4 is 0 Å². The van der Waals surface area contributed by atoms with Crippen molar-refractivity contribution < 1.29 is 5.11 Å². The Kier molecular flexibility index (Phi) is 4.14.